The molecule has 1 fully saturated rings. The fraction of sp³-hybridized carbons (Fsp3) is 0.647. The Kier molecular flexibility index (Phi) is 6.38. The Labute approximate surface area is 117 Å². The van der Waals surface area contributed by atoms with Gasteiger partial charge in [-0.2, -0.15) is 0 Å². The summed E-state index contributed by atoms with van der Waals surface area (Å²) in [5.41, 5.74) is 1.46. The first kappa shape index (κ1) is 14.5. The lowest BCUT2D eigenvalue weighted by Crippen LogP contribution is -2.40. The molecular formula is C17H27NO. The van der Waals surface area contributed by atoms with E-state index in [2.05, 4.69) is 42.6 Å². The third-order valence-corrected chi connectivity index (χ3v) is 4.05. The van der Waals surface area contributed by atoms with E-state index >= 15 is 0 Å². The molecule has 0 aliphatic carbocycles. The monoisotopic (exact) mass is 261 g/mol. The highest BCUT2D eigenvalue weighted by Gasteiger charge is 2.22. The summed E-state index contributed by atoms with van der Waals surface area (Å²) < 4.78 is 5.63. The van der Waals surface area contributed by atoms with Crippen LogP contribution in [-0.2, 0) is 11.2 Å². The fourth-order valence-corrected chi connectivity index (χ4v) is 3.02. The Balaban J connectivity index is 1.76. The summed E-state index contributed by atoms with van der Waals surface area (Å²) in [6.45, 7) is 5.17. The maximum atomic E-state index is 5.63. The minimum absolute atomic E-state index is 0.633. The molecule has 2 rings (SSSR count). The van der Waals surface area contributed by atoms with Crippen molar-refractivity contribution < 1.29 is 4.74 Å². The van der Waals surface area contributed by atoms with Gasteiger partial charge in [0.15, 0.2) is 0 Å². The van der Waals surface area contributed by atoms with Gasteiger partial charge in [-0.05, 0) is 50.1 Å². The molecule has 0 radical (unpaired) electrons. The quantitative estimate of drug-likeness (QED) is 0.812. The molecule has 1 saturated heterocycles. The Morgan fingerprint density at radius 2 is 2.16 bits per heavy atom. The average Bonchev–Trinajstić information content (AvgIpc) is 2.48. The second-order valence-electron chi connectivity index (χ2n) is 5.52. The van der Waals surface area contributed by atoms with Crippen LogP contribution in [0.3, 0.4) is 0 Å². The summed E-state index contributed by atoms with van der Waals surface area (Å²) in [6, 6.07) is 11.4. The molecule has 2 nitrogen and oxygen atoms in total. The SMILES string of the molecule is CCNC(CCCc1ccccc1)C1CCCOC1. The molecule has 0 aromatic heterocycles. The van der Waals surface area contributed by atoms with Gasteiger partial charge in [-0.25, -0.2) is 0 Å². The van der Waals surface area contributed by atoms with Crippen molar-refractivity contribution >= 4 is 0 Å². The predicted molar refractivity (Wildman–Crippen MR) is 80.4 cm³/mol. The van der Waals surface area contributed by atoms with E-state index in [1.54, 1.807) is 0 Å². The molecule has 1 aliphatic heterocycles. The molecule has 0 bridgehead atoms. The molecule has 1 aliphatic rings. The Bertz CT molecular complexity index is 332. The third kappa shape index (κ3) is 4.96. The zero-order valence-corrected chi connectivity index (χ0v) is 12.1. The summed E-state index contributed by atoms with van der Waals surface area (Å²) in [7, 11) is 0. The van der Waals surface area contributed by atoms with E-state index < -0.39 is 0 Å². The van der Waals surface area contributed by atoms with Crippen LogP contribution in [0.15, 0.2) is 30.3 Å². The van der Waals surface area contributed by atoms with Gasteiger partial charge in [-0.15, -0.1) is 0 Å². The summed E-state index contributed by atoms with van der Waals surface area (Å²) in [5.74, 6) is 0.712. The van der Waals surface area contributed by atoms with Crippen molar-refractivity contribution in [1.82, 2.24) is 5.32 Å². The highest BCUT2D eigenvalue weighted by atomic mass is 16.5. The van der Waals surface area contributed by atoms with Crippen LogP contribution in [0.1, 0.15) is 38.2 Å². The van der Waals surface area contributed by atoms with Crippen molar-refractivity contribution in [1.29, 1.82) is 0 Å². The molecule has 2 heteroatoms. The molecule has 1 aromatic rings. The van der Waals surface area contributed by atoms with E-state index in [4.69, 9.17) is 4.74 Å². The maximum absolute atomic E-state index is 5.63. The summed E-state index contributed by atoms with van der Waals surface area (Å²) in [5, 5.41) is 3.66. The van der Waals surface area contributed by atoms with Gasteiger partial charge in [0, 0.05) is 12.6 Å². The van der Waals surface area contributed by atoms with Gasteiger partial charge in [0.1, 0.15) is 0 Å². The molecular weight excluding hydrogens is 234 g/mol. The topological polar surface area (TPSA) is 21.3 Å². The zero-order valence-electron chi connectivity index (χ0n) is 12.1. The molecule has 1 heterocycles. The van der Waals surface area contributed by atoms with Gasteiger partial charge >= 0.3 is 0 Å². The zero-order chi connectivity index (χ0) is 13.3. The number of rotatable bonds is 7. The molecule has 1 N–H and O–H groups in total. The van der Waals surface area contributed by atoms with Crippen LogP contribution in [-0.4, -0.2) is 25.8 Å². The smallest absolute Gasteiger partial charge is 0.0509 e. The second-order valence-corrected chi connectivity index (χ2v) is 5.52. The van der Waals surface area contributed by atoms with Gasteiger partial charge in [-0.1, -0.05) is 37.3 Å². The van der Waals surface area contributed by atoms with Crippen molar-refractivity contribution in [3.63, 3.8) is 0 Å². The van der Waals surface area contributed by atoms with E-state index in [1.807, 2.05) is 0 Å². The van der Waals surface area contributed by atoms with E-state index in [1.165, 1.54) is 37.7 Å². The minimum Gasteiger partial charge on any atom is -0.381 e. The van der Waals surface area contributed by atoms with Gasteiger partial charge in [0.2, 0.25) is 0 Å². The lowest BCUT2D eigenvalue weighted by molar-refractivity contribution is 0.0379. The summed E-state index contributed by atoms with van der Waals surface area (Å²) in [6.07, 6.45) is 6.26. The Hall–Kier alpha value is -0.860. The standard InChI is InChI=1S/C17H27NO/c1-2-18-17(16-11-7-13-19-14-16)12-6-10-15-8-4-3-5-9-15/h3-5,8-9,16-18H,2,6-7,10-14H2,1H3. The number of ether oxygens (including phenoxy) is 1. The fourth-order valence-electron chi connectivity index (χ4n) is 3.02. The maximum Gasteiger partial charge on any atom is 0.0509 e. The van der Waals surface area contributed by atoms with Crippen LogP contribution in [0.2, 0.25) is 0 Å². The normalized spacial score (nSPS) is 21.2. The van der Waals surface area contributed by atoms with Gasteiger partial charge in [0.05, 0.1) is 6.61 Å². The first-order valence-electron chi connectivity index (χ1n) is 7.75. The number of benzene rings is 1. The summed E-state index contributed by atoms with van der Waals surface area (Å²) >= 11 is 0. The number of hydrogen-bond acceptors (Lipinski definition) is 2. The highest BCUT2D eigenvalue weighted by Crippen LogP contribution is 2.21. The van der Waals surface area contributed by atoms with Crippen LogP contribution in [0.25, 0.3) is 0 Å². The van der Waals surface area contributed by atoms with Crippen LogP contribution in [0.4, 0.5) is 0 Å². The molecule has 19 heavy (non-hydrogen) atoms. The lowest BCUT2D eigenvalue weighted by Gasteiger charge is -2.31. The molecule has 2 atom stereocenters. The third-order valence-electron chi connectivity index (χ3n) is 4.05. The van der Waals surface area contributed by atoms with Crippen LogP contribution >= 0.6 is 0 Å². The van der Waals surface area contributed by atoms with Gasteiger partial charge in [0.25, 0.3) is 0 Å². The largest absolute Gasteiger partial charge is 0.381 e. The van der Waals surface area contributed by atoms with Crippen molar-refractivity contribution in [3.05, 3.63) is 35.9 Å². The molecule has 0 saturated carbocycles. The Morgan fingerprint density at radius 3 is 2.84 bits per heavy atom. The first-order valence-corrected chi connectivity index (χ1v) is 7.75. The van der Waals surface area contributed by atoms with Gasteiger partial charge in [-0.3, -0.25) is 0 Å². The minimum atomic E-state index is 0.633. The van der Waals surface area contributed by atoms with Crippen LogP contribution in [0.5, 0.6) is 0 Å². The molecule has 1 aromatic carbocycles. The van der Waals surface area contributed by atoms with Crippen molar-refractivity contribution in [2.24, 2.45) is 5.92 Å². The molecule has 2 unspecified atom stereocenters. The molecule has 106 valence electrons. The average molecular weight is 261 g/mol. The number of aryl methyl sites for hydroxylation is 1. The summed E-state index contributed by atoms with van der Waals surface area (Å²) in [4.78, 5) is 0. The molecule has 0 spiro atoms. The molecule has 0 amide bonds. The number of hydrogen-bond donors (Lipinski definition) is 1. The van der Waals surface area contributed by atoms with E-state index in [0.717, 1.165) is 19.8 Å². The predicted octanol–water partition coefficient (Wildman–Crippen LogP) is 3.41. The van der Waals surface area contributed by atoms with Crippen molar-refractivity contribution in [2.75, 3.05) is 19.8 Å². The first-order chi connectivity index (χ1) is 9.40. The van der Waals surface area contributed by atoms with Crippen molar-refractivity contribution in [3.8, 4) is 0 Å². The lowest BCUT2D eigenvalue weighted by atomic mass is 9.89. The van der Waals surface area contributed by atoms with Gasteiger partial charge < -0.3 is 10.1 Å². The Morgan fingerprint density at radius 1 is 1.32 bits per heavy atom. The van der Waals surface area contributed by atoms with E-state index in [-0.39, 0.29) is 0 Å². The van der Waals surface area contributed by atoms with E-state index in [9.17, 15) is 0 Å². The second kappa shape index (κ2) is 8.34. The number of nitrogens with one attached hydrogen (secondary N) is 1. The van der Waals surface area contributed by atoms with Crippen LogP contribution in [0, 0.1) is 5.92 Å². The van der Waals surface area contributed by atoms with E-state index in [0.29, 0.717) is 12.0 Å². The highest BCUT2D eigenvalue weighted by molar-refractivity contribution is 5.14. The van der Waals surface area contributed by atoms with Crippen molar-refractivity contribution in [2.45, 2.75) is 45.1 Å². The van der Waals surface area contributed by atoms with Crippen LogP contribution < -0.4 is 5.32 Å².